The lowest BCUT2D eigenvalue weighted by atomic mass is 9.96. The molecule has 0 saturated carbocycles. The van der Waals surface area contributed by atoms with Crippen molar-refractivity contribution in [2.24, 2.45) is 0 Å². The van der Waals surface area contributed by atoms with Crippen LogP contribution in [0.3, 0.4) is 0 Å². The van der Waals surface area contributed by atoms with Crippen LogP contribution >= 0.6 is 0 Å². The van der Waals surface area contributed by atoms with Crippen LogP contribution in [0.5, 0.6) is 5.75 Å². The number of nitrogens with zero attached hydrogens (tertiary/aromatic N) is 5. The lowest BCUT2D eigenvalue weighted by Gasteiger charge is -2.27. The first-order valence-corrected chi connectivity index (χ1v) is 14.9. The number of amides is 2. The molecule has 1 N–H and O–H groups in total. The first kappa shape index (κ1) is 33.9. The third-order valence-corrected chi connectivity index (χ3v) is 7.52. The molecule has 0 spiro atoms. The number of alkyl halides is 2. The number of ether oxygens (including phenoxy) is 2. The van der Waals surface area contributed by atoms with E-state index < -0.39 is 52.8 Å². The molecule has 3 heterocycles. The Morgan fingerprint density at radius 3 is 2.44 bits per heavy atom. The van der Waals surface area contributed by atoms with Crippen molar-refractivity contribution in [3.05, 3.63) is 77.6 Å². The Kier molecular flexibility index (Phi) is 8.92. The van der Waals surface area contributed by atoms with Crippen LogP contribution in [0.1, 0.15) is 58.1 Å². The van der Waals surface area contributed by atoms with Crippen LogP contribution in [0.15, 0.2) is 59.1 Å². The zero-order chi connectivity index (χ0) is 35.0. The Hall–Kier alpha value is -5.45. The Morgan fingerprint density at radius 2 is 1.83 bits per heavy atom. The van der Waals surface area contributed by atoms with E-state index in [0.717, 1.165) is 16.5 Å². The van der Waals surface area contributed by atoms with Gasteiger partial charge in [0.2, 0.25) is 11.8 Å². The van der Waals surface area contributed by atoms with E-state index in [1.54, 1.807) is 63.4 Å². The van der Waals surface area contributed by atoms with Gasteiger partial charge in [-0.15, -0.1) is 10.2 Å². The first-order chi connectivity index (χ1) is 22.5. The van der Waals surface area contributed by atoms with Crippen LogP contribution in [-0.2, 0) is 27.4 Å². The van der Waals surface area contributed by atoms with E-state index in [0.29, 0.717) is 23.1 Å². The van der Waals surface area contributed by atoms with Gasteiger partial charge < -0.3 is 24.1 Å². The van der Waals surface area contributed by atoms with E-state index in [1.807, 2.05) is 6.07 Å². The minimum atomic E-state index is -3.77. The molecule has 5 rings (SSSR count). The number of hydrogen-bond acceptors (Lipinski definition) is 9. The monoisotopic (exact) mass is 662 g/mol. The molecule has 1 aliphatic heterocycles. The summed E-state index contributed by atoms with van der Waals surface area (Å²) in [6.07, 6.45) is -0.654. The second kappa shape index (κ2) is 12.6. The molecule has 0 saturated heterocycles. The highest BCUT2D eigenvalue weighted by molar-refractivity contribution is 6.01. The number of benzene rings is 2. The van der Waals surface area contributed by atoms with Crippen LogP contribution in [0.25, 0.3) is 22.7 Å². The number of nitriles is 1. The normalized spacial score (nSPS) is 16.0. The molecular weight excluding hydrogens is 629 g/mol. The van der Waals surface area contributed by atoms with Gasteiger partial charge in [0.05, 0.1) is 42.9 Å². The van der Waals surface area contributed by atoms with Gasteiger partial charge in [-0.3, -0.25) is 9.78 Å². The average Bonchev–Trinajstić information content (AvgIpc) is 3.51. The smallest absolute Gasteiger partial charge is 0.408 e. The summed E-state index contributed by atoms with van der Waals surface area (Å²) in [5.74, 6) is -5.66. The van der Waals surface area contributed by atoms with Gasteiger partial charge in [-0.05, 0) is 64.4 Å². The van der Waals surface area contributed by atoms with E-state index in [-0.39, 0.29) is 29.6 Å². The van der Waals surface area contributed by atoms with Gasteiger partial charge in [0.15, 0.2) is 0 Å². The SMILES string of the molecule is COc1ccc(-c2ccc(CN3C(=O)[C@@H](NC(=O)OC(C)(C)C)CC(F)(F)c4cc(F)c(-c5nnc(C(C)(C)C#N)o5)cc43)cc2)nc1. The molecule has 0 unspecified atom stereocenters. The highest BCUT2D eigenvalue weighted by Gasteiger charge is 2.47. The van der Waals surface area contributed by atoms with Gasteiger partial charge in [-0.25, -0.2) is 18.0 Å². The molecule has 1 atom stereocenters. The van der Waals surface area contributed by atoms with Crippen LogP contribution in [0, 0.1) is 17.1 Å². The molecular formula is C34H33F3N6O5. The molecule has 48 heavy (non-hydrogen) atoms. The number of halogens is 3. The van der Waals surface area contributed by atoms with Gasteiger partial charge in [-0.1, -0.05) is 24.3 Å². The number of fused-ring (bicyclic) bond motifs is 1. The summed E-state index contributed by atoms with van der Waals surface area (Å²) in [7, 11) is 1.53. The van der Waals surface area contributed by atoms with E-state index >= 15 is 13.2 Å². The number of rotatable bonds is 7. The number of alkyl carbamates (subject to hydrolysis) is 1. The van der Waals surface area contributed by atoms with E-state index in [9.17, 15) is 14.9 Å². The maximum atomic E-state index is 16.0. The minimum absolute atomic E-state index is 0.110. The predicted octanol–water partition coefficient (Wildman–Crippen LogP) is 6.67. The molecule has 1 aliphatic rings. The Morgan fingerprint density at radius 1 is 1.12 bits per heavy atom. The quantitative estimate of drug-likeness (QED) is 0.229. The topological polar surface area (TPSA) is 143 Å². The standard InChI is InChI=1S/C34H33F3N6O5/c1-32(2,3)48-31(45)40-26-15-34(36,37)23-14-24(35)22(28-41-42-30(47-28)33(4,5)18-38)13-27(23)43(29(26)44)17-19-7-9-20(10-8-19)25-12-11-21(46-6)16-39-25/h7-14,16,26H,15,17H2,1-6H3,(H,40,45)/t26-/m0/s1. The number of methoxy groups -OCH3 is 1. The van der Waals surface area contributed by atoms with E-state index in [1.165, 1.54) is 21.0 Å². The minimum Gasteiger partial charge on any atom is -0.495 e. The Labute approximate surface area is 274 Å². The van der Waals surface area contributed by atoms with Crippen molar-refractivity contribution in [3.8, 4) is 34.5 Å². The van der Waals surface area contributed by atoms with Gasteiger partial charge in [0.25, 0.3) is 11.8 Å². The van der Waals surface area contributed by atoms with Gasteiger partial charge in [-0.2, -0.15) is 5.26 Å². The largest absolute Gasteiger partial charge is 0.495 e. The van der Waals surface area contributed by atoms with Crippen LogP contribution in [0.2, 0.25) is 0 Å². The number of nitrogens with one attached hydrogen (secondary N) is 1. The van der Waals surface area contributed by atoms with E-state index in [4.69, 9.17) is 13.9 Å². The molecule has 0 radical (unpaired) electrons. The lowest BCUT2D eigenvalue weighted by Crippen LogP contribution is -2.49. The van der Waals surface area contributed by atoms with Crippen molar-refractivity contribution >= 4 is 17.7 Å². The summed E-state index contributed by atoms with van der Waals surface area (Å²) < 4.78 is 63.5. The molecule has 11 nitrogen and oxygen atoms in total. The first-order valence-electron chi connectivity index (χ1n) is 14.9. The van der Waals surface area contributed by atoms with Crippen molar-refractivity contribution < 1.29 is 36.7 Å². The van der Waals surface area contributed by atoms with Crippen molar-refractivity contribution in [3.63, 3.8) is 0 Å². The van der Waals surface area contributed by atoms with Crippen LogP contribution in [-0.4, -0.2) is 45.9 Å². The highest BCUT2D eigenvalue weighted by atomic mass is 19.3. The van der Waals surface area contributed by atoms with Crippen molar-refractivity contribution in [1.29, 1.82) is 5.26 Å². The summed E-state index contributed by atoms with van der Waals surface area (Å²) in [5.41, 5.74) is -1.70. The Balaban J connectivity index is 1.58. The van der Waals surface area contributed by atoms with Crippen molar-refractivity contribution in [2.75, 3.05) is 12.0 Å². The van der Waals surface area contributed by atoms with E-state index in [2.05, 4.69) is 20.5 Å². The summed E-state index contributed by atoms with van der Waals surface area (Å²) in [6, 6.07) is 12.4. The predicted molar refractivity (Wildman–Crippen MR) is 167 cm³/mol. The molecule has 0 fully saturated rings. The zero-order valence-electron chi connectivity index (χ0n) is 27.1. The molecule has 2 amide bonds. The van der Waals surface area contributed by atoms with Crippen molar-refractivity contribution in [2.45, 2.75) is 70.6 Å². The molecule has 0 bridgehead atoms. The highest BCUT2D eigenvalue weighted by Crippen LogP contribution is 2.45. The Bertz CT molecular complexity index is 1880. The molecule has 14 heteroatoms. The second-order valence-corrected chi connectivity index (χ2v) is 12.8. The molecule has 0 aliphatic carbocycles. The van der Waals surface area contributed by atoms with Gasteiger partial charge in [0.1, 0.15) is 28.6 Å². The maximum Gasteiger partial charge on any atom is 0.408 e. The number of carbonyl (C=O) groups excluding carboxylic acids is 2. The van der Waals surface area contributed by atoms with Crippen LogP contribution < -0.4 is 15.0 Å². The maximum absolute atomic E-state index is 16.0. The summed E-state index contributed by atoms with van der Waals surface area (Å²) >= 11 is 0. The average molecular weight is 663 g/mol. The molecule has 2 aromatic carbocycles. The van der Waals surface area contributed by atoms with Crippen molar-refractivity contribution in [1.82, 2.24) is 20.5 Å². The second-order valence-electron chi connectivity index (χ2n) is 12.8. The third-order valence-electron chi connectivity index (χ3n) is 7.52. The fourth-order valence-corrected chi connectivity index (χ4v) is 5.00. The summed E-state index contributed by atoms with van der Waals surface area (Å²) in [4.78, 5) is 32.2. The third kappa shape index (κ3) is 7.10. The number of pyridine rings is 1. The number of hydrogen-bond donors (Lipinski definition) is 1. The molecule has 250 valence electrons. The fraction of sp³-hybridized carbons (Fsp3) is 0.353. The fourth-order valence-electron chi connectivity index (χ4n) is 5.00. The summed E-state index contributed by atoms with van der Waals surface area (Å²) in [5, 5.41) is 19.4. The van der Waals surface area contributed by atoms with Crippen LogP contribution in [0.4, 0.5) is 23.7 Å². The number of carbonyl (C=O) groups is 2. The summed E-state index contributed by atoms with van der Waals surface area (Å²) in [6.45, 7) is 7.59. The molecule has 4 aromatic rings. The molecule has 2 aromatic heterocycles. The number of anilines is 1. The zero-order valence-corrected chi connectivity index (χ0v) is 27.1. The lowest BCUT2D eigenvalue weighted by molar-refractivity contribution is -0.123. The van der Waals surface area contributed by atoms with Gasteiger partial charge >= 0.3 is 6.09 Å². The number of aromatic nitrogens is 3. The van der Waals surface area contributed by atoms with Gasteiger partial charge in [0, 0.05) is 17.5 Å².